The molecule has 2 atom stereocenters. The normalized spacial score (nSPS) is 31.2. The predicted octanol–water partition coefficient (Wildman–Crippen LogP) is 0.434. The molecule has 0 radical (unpaired) electrons. The molecule has 0 saturated carbocycles. The SMILES string of the molecule is CC1=CCC(CC(C)C)[C@H](C)[I-]1. The zero-order valence-electron chi connectivity index (χ0n) is 8.60. The molecule has 0 fully saturated rings. The molecule has 12 heavy (non-hydrogen) atoms. The van der Waals surface area contributed by atoms with Gasteiger partial charge >= 0.3 is 87.2 Å². The molecule has 1 heterocycles. The Morgan fingerprint density at radius 2 is 2.25 bits per heavy atom. The van der Waals surface area contributed by atoms with E-state index in [4.69, 9.17) is 0 Å². The molecule has 0 aromatic heterocycles. The van der Waals surface area contributed by atoms with Gasteiger partial charge in [0.2, 0.25) is 0 Å². The summed E-state index contributed by atoms with van der Waals surface area (Å²) in [4.78, 5) is 0. The van der Waals surface area contributed by atoms with Gasteiger partial charge in [-0.1, -0.05) is 0 Å². The predicted molar refractivity (Wildman–Crippen MR) is 50.8 cm³/mol. The Morgan fingerprint density at radius 3 is 2.75 bits per heavy atom. The minimum atomic E-state index is 0.378. The molecule has 1 aliphatic heterocycles. The van der Waals surface area contributed by atoms with Crippen molar-refractivity contribution >= 4 is 0 Å². The van der Waals surface area contributed by atoms with Gasteiger partial charge in [-0.3, -0.25) is 0 Å². The van der Waals surface area contributed by atoms with Crippen LogP contribution in [0.4, 0.5) is 0 Å². The summed E-state index contributed by atoms with van der Waals surface area (Å²) in [5, 5.41) is 0. The first kappa shape index (κ1) is 10.6. The molecule has 0 N–H and O–H groups in total. The van der Waals surface area contributed by atoms with Gasteiger partial charge in [-0.05, 0) is 0 Å². The van der Waals surface area contributed by atoms with E-state index in [9.17, 15) is 0 Å². The van der Waals surface area contributed by atoms with Gasteiger partial charge in [0.15, 0.2) is 0 Å². The second-order valence-corrected chi connectivity index (χ2v) is 8.49. The second kappa shape index (κ2) is 4.64. The van der Waals surface area contributed by atoms with E-state index in [1.54, 1.807) is 3.58 Å². The Morgan fingerprint density at radius 1 is 1.58 bits per heavy atom. The zero-order chi connectivity index (χ0) is 9.14. The molecule has 1 unspecified atom stereocenters. The Hall–Kier alpha value is 0.470. The molecule has 0 saturated heterocycles. The van der Waals surface area contributed by atoms with Crippen molar-refractivity contribution in [3.8, 4) is 0 Å². The third-order valence-corrected chi connectivity index (χ3v) is 5.89. The first-order valence-electron chi connectivity index (χ1n) is 4.89. The summed E-state index contributed by atoms with van der Waals surface area (Å²) in [5.74, 6) is 1.88. The fourth-order valence-corrected chi connectivity index (χ4v) is 4.95. The van der Waals surface area contributed by atoms with E-state index in [2.05, 4.69) is 33.8 Å². The van der Waals surface area contributed by atoms with Crippen LogP contribution in [0.2, 0.25) is 0 Å². The van der Waals surface area contributed by atoms with E-state index in [0.29, 0.717) is 21.2 Å². The number of hydrogen-bond donors (Lipinski definition) is 0. The van der Waals surface area contributed by atoms with E-state index < -0.39 is 0 Å². The summed E-state index contributed by atoms with van der Waals surface area (Å²) >= 11 is 0.378. The van der Waals surface area contributed by atoms with E-state index in [0.717, 1.165) is 15.8 Å². The van der Waals surface area contributed by atoms with Crippen molar-refractivity contribution in [3.05, 3.63) is 9.66 Å². The van der Waals surface area contributed by atoms with Crippen LogP contribution < -0.4 is 21.2 Å². The molecule has 0 aromatic rings. The molecule has 1 heteroatoms. The summed E-state index contributed by atoms with van der Waals surface area (Å²) in [7, 11) is 0. The van der Waals surface area contributed by atoms with Crippen molar-refractivity contribution in [1.82, 2.24) is 0 Å². The van der Waals surface area contributed by atoms with Gasteiger partial charge in [0.25, 0.3) is 0 Å². The van der Waals surface area contributed by atoms with Crippen LogP contribution in [0.1, 0.15) is 40.5 Å². The molecule has 1 aliphatic rings. The van der Waals surface area contributed by atoms with Crippen molar-refractivity contribution < 1.29 is 21.2 Å². The number of hydrogen-bond acceptors (Lipinski definition) is 0. The van der Waals surface area contributed by atoms with Crippen LogP contribution in [-0.2, 0) is 0 Å². The second-order valence-electron chi connectivity index (χ2n) is 4.20. The number of rotatable bonds is 2. The van der Waals surface area contributed by atoms with Crippen LogP contribution in [0.5, 0.6) is 0 Å². The molecule has 0 amide bonds. The van der Waals surface area contributed by atoms with Gasteiger partial charge in [0, 0.05) is 0 Å². The fraction of sp³-hybridized carbons (Fsp3) is 0.818. The standard InChI is InChI=1S/C11H20I/c1-8(2)7-11-6-5-9(3)12-10(11)4/h5,8,10-11H,6-7H2,1-4H3/q-1/t10-,11?/m0/s1. The molecule has 0 aliphatic carbocycles. The maximum absolute atomic E-state index is 2.49. The van der Waals surface area contributed by atoms with Crippen LogP contribution in [-0.4, -0.2) is 3.92 Å². The topological polar surface area (TPSA) is 0 Å². The monoisotopic (exact) mass is 279 g/mol. The van der Waals surface area contributed by atoms with Gasteiger partial charge in [-0.25, -0.2) is 0 Å². The summed E-state index contributed by atoms with van der Waals surface area (Å²) in [6.07, 6.45) is 5.27. The van der Waals surface area contributed by atoms with Gasteiger partial charge in [-0.2, -0.15) is 0 Å². The van der Waals surface area contributed by atoms with E-state index in [1.807, 2.05) is 0 Å². The average molecular weight is 279 g/mol. The van der Waals surface area contributed by atoms with E-state index >= 15 is 0 Å². The van der Waals surface area contributed by atoms with Crippen LogP contribution in [0.3, 0.4) is 0 Å². The van der Waals surface area contributed by atoms with Gasteiger partial charge in [0.1, 0.15) is 0 Å². The minimum absolute atomic E-state index is 0.378. The first-order valence-corrected chi connectivity index (χ1v) is 7.22. The summed E-state index contributed by atoms with van der Waals surface area (Å²) in [5.41, 5.74) is 0. The molecule has 72 valence electrons. The number of halogens is 1. The third-order valence-electron chi connectivity index (χ3n) is 2.47. The molecule has 0 aromatic carbocycles. The van der Waals surface area contributed by atoms with Crippen molar-refractivity contribution in [2.24, 2.45) is 11.8 Å². The van der Waals surface area contributed by atoms with Gasteiger partial charge < -0.3 is 0 Å². The van der Waals surface area contributed by atoms with Crippen LogP contribution >= 0.6 is 0 Å². The van der Waals surface area contributed by atoms with Crippen LogP contribution in [0.15, 0.2) is 9.66 Å². The molecule has 0 spiro atoms. The molecule has 1 rings (SSSR count). The van der Waals surface area contributed by atoms with Crippen LogP contribution in [0.25, 0.3) is 0 Å². The maximum atomic E-state index is 2.49. The Bertz CT molecular complexity index is 170. The number of alkyl halides is 1. The summed E-state index contributed by atoms with van der Waals surface area (Å²) in [6.45, 7) is 9.46. The van der Waals surface area contributed by atoms with Crippen molar-refractivity contribution in [2.75, 3.05) is 0 Å². The van der Waals surface area contributed by atoms with Crippen molar-refractivity contribution in [1.29, 1.82) is 0 Å². The van der Waals surface area contributed by atoms with Gasteiger partial charge in [-0.15, -0.1) is 0 Å². The molecule has 0 bridgehead atoms. The van der Waals surface area contributed by atoms with Gasteiger partial charge in [0.05, 0.1) is 0 Å². The zero-order valence-corrected chi connectivity index (χ0v) is 10.8. The molecular weight excluding hydrogens is 259 g/mol. The quantitative estimate of drug-likeness (QED) is 0.508. The van der Waals surface area contributed by atoms with E-state index in [-0.39, 0.29) is 0 Å². The molecule has 0 nitrogen and oxygen atoms in total. The third kappa shape index (κ3) is 3.08. The van der Waals surface area contributed by atoms with Crippen molar-refractivity contribution in [2.45, 2.75) is 44.5 Å². The number of allylic oxidation sites excluding steroid dienone is 2. The van der Waals surface area contributed by atoms with E-state index in [1.165, 1.54) is 12.8 Å². The Balaban J connectivity index is 2.46. The average Bonchev–Trinajstić information content (AvgIpc) is 1.94. The summed E-state index contributed by atoms with van der Waals surface area (Å²) < 4.78 is 2.73. The van der Waals surface area contributed by atoms with Crippen molar-refractivity contribution in [3.63, 3.8) is 0 Å². The Labute approximate surface area is 87.1 Å². The molecular formula is C11H20I-. The van der Waals surface area contributed by atoms with Crippen LogP contribution in [0, 0.1) is 11.8 Å². The first-order chi connectivity index (χ1) is 5.59. The Kier molecular flexibility index (Phi) is 4.08. The summed E-state index contributed by atoms with van der Waals surface area (Å²) in [6, 6.07) is 0. The fourth-order valence-electron chi connectivity index (χ4n) is 1.80.